The Morgan fingerprint density at radius 1 is 1.42 bits per heavy atom. The molecule has 6 nitrogen and oxygen atoms in total. The van der Waals surface area contributed by atoms with Crippen LogP contribution in [0.3, 0.4) is 0 Å². The molecule has 0 spiro atoms. The van der Waals surface area contributed by atoms with E-state index in [4.69, 9.17) is 19.9 Å². The van der Waals surface area contributed by atoms with Crippen LogP contribution < -0.4 is 11.1 Å². The molecule has 24 heavy (non-hydrogen) atoms. The largest absolute Gasteiger partial charge is 0.464 e. The third-order valence-corrected chi connectivity index (χ3v) is 3.41. The lowest BCUT2D eigenvalue weighted by Crippen LogP contribution is -2.35. The van der Waals surface area contributed by atoms with Gasteiger partial charge in [-0.25, -0.2) is 0 Å². The molecular formula is C18H26N2O4. The molecule has 0 amide bonds. The van der Waals surface area contributed by atoms with Gasteiger partial charge in [0.15, 0.2) is 6.23 Å². The van der Waals surface area contributed by atoms with Crippen molar-refractivity contribution in [2.45, 2.75) is 38.8 Å². The standard InChI is InChI=1S/C18H26N2O4/c1-4-9-22-18-16(24-18)20-14-7-5-13(6-8-14)10-15(19)17(21)23-11-12(2)3/h4-8,12,15-16,18,20H,1,9-11,19H2,2-3H3/t15-,16?,18?/m0/s1. The molecule has 3 atom stereocenters. The summed E-state index contributed by atoms with van der Waals surface area (Å²) in [6, 6.07) is 7.06. The lowest BCUT2D eigenvalue weighted by Gasteiger charge is -2.13. The SMILES string of the molecule is C=CCOC1OC1Nc1ccc(C[C@H](N)C(=O)OCC(C)C)cc1. The maximum Gasteiger partial charge on any atom is 0.323 e. The van der Waals surface area contributed by atoms with Crippen molar-refractivity contribution in [3.63, 3.8) is 0 Å². The first-order chi connectivity index (χ1) is 11.5. The van der Waals surface area contributed by atoms with Crippen LogP contribution in [-0.2, 0) is 25.4 Å². The Balaban J connectivity index is 1.75. The predicted octanol–water partition coefficient (Wildman–Crippen LogP) is 2.05. The number of hydrogen-bond donors (Lipinski definition) is 2. The predicted molar refractivity (Wildman–Crippen MR) is 92.4 cm³/mol. The van der Waals surface area contributed by atoms with E-state index in [0.717, 1.165) is 11.3 Å². The molecule has 1 aromatic carbocycles. The summed E-state index contributed by atoms with van der Waals surface area (Å²) in [5.41, 5.74) is 7.79. The van der Waals surface area contributed by atoms with Crippen LogP contribution in [0, 0.1) is 5.92 Å². The van der Waals surface area contributed by atoms with Gasteiger partial charge in [0.25, 0.3) is 0 Å². The van der Waals surface area contributed by atoms with Gasteiger partial charge in [0, 0.05) is 5.69 Å². The number of carbonyl (C=O) groups excluding carboxylic acids is 1. The van der Waals surface area contributed by atoms with Crippen LogP contribution >= 0.6 is 0 Å². The molecular weight excluding hydrogens is 308 g/mol. The van der Waals surface area contributed by atoms with Crippen molar-refractivity contribution >= 4 is 11.7 Å². The molecule has 1 aliphatic rings. The summed E-state index contributed by atoms with van der Waals surface area (Å²) in [6.45, 7) is 8.43. The monoisotopic (exact) mass is 334 g/mol. The lowest BCUT2D eigenvalue weighted by molar-refractivity contribution is -0.146. The molecule has 132 valence electrons. The van der Waals surface area contributed by atoms with Crippen molar-refractivity contribution in [1.29, 1.82) is 0 Å². The van der Waals surface area contributed by atoms with Crippen LogP contribution in [0.5, 0.6) is 0 Å². The number of benzene rings is 1. The average molecular weight is 334 g/mol. The Morgan fingerprint density at radius 2 is 2.12 bits per heavy atom. The summed E-state index contributed by atoms with van der Waals surface area (Å²) in [5.74, 6) is -0.0603. The van der Waals surface area contributed by atoms with E-state index in [9.17, 15) is 4.79 Å². The molecule has 2 rings (SSSR count). The van der Waals surface area contributed by atoms with Crippen LogP contribution in [-0.4, -0.2) is 37.7 Å². The summed E-state index contributed by atoms with van der Waals surface area (Å²) in [7, 11) is 0. The normalized spacial score (nSPS) is 20.5. The summed E-state index contributed by atoms with van der Waals surface area (Å²) < 4.78 is 15.8. The van der Waals surface area contributed by atoms with Crippen LogP contribution in [0.1, 0.15) is 19.4 Å². The van der Waals surface area contributed by atoms with E-state index in [2.05, 4.69) is 11.9 Å². The topological polar surface area (TPSA) is 86.1 Å². The minimum Gasteiger partial charge on any atom is -0.464 e. The second-order valence-electron chi connectivity index (χ2n) is 6.22. The molecule has 0 aromatic heterocycles. The third kappa shape index (κ3) is 5.96. The van der Waals surface area contributed by atoms with E-state index >= 15 is 0 Å². The van der Waals surface area contributed by atoms with E-state index in [0.29, 0.717) is 25.6 Å². The van der Waals surface area contributed by atoms with Crippen molar-refractivity contribution in [3.8, 4) is 0 Å². The minimum atomic E-state index is -0.647. The Hall–Kier alpha value is -1.89. The zero-order valence-electron chi connectivity index (χ0n) is 14.2. The van der Waals surface area contributed by atoms with Gasteiger partial charge in [-0.05, 0) is 30.0 Å². The molecule has 3 N–H and O–H groups in total. The van der Waals surface area contributed by atoms with Gasteiger partial charge in [-0.1, -0.05) is 32.1 Å². The molecule has 1 aromatic rings. The zero-order chi connectivity index (χ0) is 17.5. The highest BCUT2D eigenvalue weighted by Gasteiger charge is 2.39. The van der Waals surface area contributed by atoms with Gasteiger partial charge in [0.05, 0.1) is 13.2 Å². The highest BCUT2D eigenvalue weighted by Crippen LogP contribution is 2.25. The number of rotatable bonds is 10. The quantitative estimate of drug-likeness (QED) is 0.387. The summed E-state index contributed by atoms with van der Waals surface area (Å²) >= 11 is 0. The van der Waals surface area contributed by atoms with Crippen LogP contribution in [0.4, 0.5) is 5.69 Å². The first-order valence-corrected chi connectivity index (χ1v) is 8.15. The summed E-state index contributed by atoms with van der Waals surface area (Å²) in [5, 5.41) is 3.21. The molecule has 0 bridgehead atoms. The van der Waals surface area contributed by atoms with Crippen molar-refractivity contribution in [2.75, 3.05) is 18.5 Å². The average Bonchev–Trinajstić information content (AvgIpc) is 3.30. The van der Waals surface area contributed by atoms with Crippen LogP contribution in [0.25, 0.3) is 0 Å². The fraction of sp³-hybridized carbons (Fsp3) is 0.500. The van der Waals surface area contributed by atoms with Gasteiger partial charge in [0.1, 0.15) is 6.04 Å². The van der Waals surface area contributed by atoms with Crippen LogP contribution in [0.2, 0.25) is 0 Å². The Bertz CT molecular complexity index is 544. The first kappa shape index (κ1) is 18.4. The third-order valence-electron chi connectivity index (χ3n) is 3.41. The zero-order valence-corrected chi connectivity index (χ0v) is 14.2. The van der Waals surface area contributed by atoms with Crippen molar-refractivity contribution in [1.82, 2.24) is 0 Å². The molecule has 0 aliphatic carbocycles. The highest BCUT2D eigenvalue weighted by molar-refractivity contribution is 5.75. The molecule has 1 saturated heterocycles. The fourth-order valence-electron chi connectivity index (χ4n) is 2.09. The first-order valence-electron chi connectivity index (χ1n) is 8.15. The highest BCUT2D eigenvalue weighted by atomic mass is 16.8. The number of esters is 1. The van der Waals surface area contributed by atoms with Gasteiger partial charge in [-0.2, -0.15) is 0 Å². The maximum absolute atomic E-state index is 11.8. The van der Waals surface area contributed by atoms with Gasteiger partial charge in [0.2, 0.25) is 6.29 Å². The van der Waals surface area contributed by atoms with Gasteiger partial charge >= 0.3 is 5.97 Å². The van der Waals surface area contributed by atoms with E-state index in [1.807, 2.05) is 38.1 Å². The number of hydrogen-bond acceptors (Lipinski definition) is 6. The lowest BCUT2D eigenvalue weighted by atomic mass is 10.1. The summed E-state index contributed by atoms with van der Waals surface area (Å²) in [4.78, 5) is 11.8. The van der Waals surface area contributed by atoms with E-state index in [1.54, 1.807) is 6.08 Å². The molecule has 6 heteroatoms. The van der Waals surface area contributed by atoms with Gasteiger partial charge in [-0.15, -0.1) is 6.58 Å². The molecule has 1 aliphatic heterocycles. The fourth-order valence-corrected chi connectivity index (χ4v) is 2.09. The molecule has 1 fully saturated rings. The van der Waals surface area contributed by atoms with Gasteiger partial charge in [-0.3, -0.25) is 4.79 Å². The van der Waals surface area contributed by atoms with Crippen LogP contribution in [0.15, 0.2) is 36.9 Å². The molecule has 1 heterocycles. The minimum absolute atomic E-state index is 0.135. The number of anilines is 1. The number of nitrogens with one attached hydrogen (secondary N) is 1. The Kier molecular flexibility index (Phi) is 6.78. The number of epoxide rings is 1. The van der Waals surface area contributed by atoms with Crippen molar-refractivity contribution in [3.05, 3.63) is 42.5 Å². The molecule has 0 saturated carbocycles. The molecule has 0 radical (unpaired) electrons. The number of carbonyl (C=O) groups is 1. The smallest absolute Gasteiger partial charge is 0.323 e. The number of ether oxygens (including phenoxy) is 3. The number of nitrogens with two attached hydrogens (primary N) is 1. The Morgan fingerprint density at radius 3 is 2.75 bits per heavy atom. The second-order valence-corrected chi connectivity index (χ2v) is 6.22. The maximum atomic E-state index is 11.8. The molecule has 2 unspecified atom stereocenters. The van der Waals surface area contributed by atoms with Crippen molar-refractivity contribution in [2.24, 2.45) is 11.7 Å². The van der Waals surface area contributed by atoms with Gasteiger partial charge < -0.3 is 25.3 Å². The van der Waals surface area contributed by atoms with E-state index in [1.165, 1.54) is 0 Å². The van der Waals surface area contributed by atoms with E-state index in [-0.39, 0.29) is 18.5 Å². The Labute approximate surface area is 143 Å². The van der Waals surface area contributed by atoms with E-state index < -0.39 is 6.04 Å². The van der Waals surface area contributed by atoms with Crippen molar-refractivity contribution < 1.29 is 19.0 Å². The second kappa shape index (κ2) is 8.82. The summed E-state index contributed by atoms with van der Waals surface area (Å²) in [6.07, 6.45) is 1.77.